The maximum atomic E-state index is 11.3. The van der Waals surface area contributed by atoms with E-state index in [1.54, 1.807) is 0 Å². The molecule has 7 heteroatoms. The molecule has 0 aromatic heterocycles. The van der Waals surface area contributed by atoms with Crippen LogP contribution in [0.1, 0.15) is 27.7 Å². The number of carbonyl (C=O) groups is 3. The molecule has 0 heterocycles. The Hall–Kier alpha value is -1.30. The molecule has 3 N–H and O–H groups in total. The second-order valence-corrected chi connectivity index (χ2v) is 5.24. The number of nitrogens with one attached hydrogen (secondary N) is 3. The zero-order chi connectivity index (χ0) is 13.6. The zero-order valence-electron chi connectivity index (χ0n) is 10.4. The number of carbonyl (C=O) groups excluding carboxylic acids is 3. The first kappa shape index (κ1) is 15.7. The second-order valence-electron chi connectivity index (χ2n) is 4.59. The Balaban J connectivity index is 3.93. The number of urea groups is 1. The van der Waals surface area contributed by atoms with Crippen LogP contribution in [0.2, 0.25) is 0 Å². The summed E-state index contributed by atoms with van der Waals surface area (Å²) in [4.78, 5) is 33.5. The fourth-order valence-corrected chi connectivity index (χ4v) is 0.933. The van der Waals surface area contributed by atoms with Gasteiger partial charge in [0.2, 0.25) is 11.8 Å². The molecule has 0 aliphatic heterocycles. The molecule has 0 radical (unpaired) electrons. The van der Waals surface area contributed by atoms with Crippen molar-refractivity contribution in [2.75, 3.05) is 6.54 Å². The molecule has 0 rings (SSSR count). The number of halogens is 1. The third-order valence-corrected chi connectivity index (χ3v) is 1.72. The average molecular weight is 264 g/mol. The highest BCUT2D eigenvalue weighted by Crippen LogP contribution is 1.97. The maximum absolute atomic E-state index is 11.3. The van der Waals surface area contributed by atoms with Crippen LogP contribution in [0.15, 0.2) is 0 Å². The van der Waals surface area contributed by atoms with Gasteiger partial charge in [-0.25, -0.2) is 4.79 Å². The van der Waals surface area contributed by atoms with Gasteiger partial charge >= 0.3 is 6.03 Å². The van der Waals surface area contributed by atoms with E-state index in [4.69, 9.17) is 11.6 Å². The molecule has 0 spiro atoms. The van der Waals surface area contributed by atoms with E-state index in [2.05, 4.69) is 10.6 Å². The van der Waals surface area contributed by atoms with Crippen LogP contribution in [0.5, 0.6) is 0 Å². The smallest absolute Gasteiger partial charge is 0.321 e. The molecule has 0 aliphatic carbocycles. The molecule has 17 heavy (non-hydrogen) atoms. The second kappa shape index (κ2) is 6.44. The van der Waals surface area contributed by atoms with Crippen molar-refractivity contribution >= 4 is 29.4 Å². The quantitative estimate of drug-likeness (QED) is 0.642. The lowest BCUT2D eigenvalue weighted by atomic mass is 10.1. The molecular formula is C10H18ClN3O3. The van der Waals surface area contributed by atoms with Gasteiger partial charge in [0.05, 0.1) is 6.54 Å². The van der Waals surface area contributed by atoms with Crippen LogP contribution >= 0.6 is 11.6 Å². The molecule has 0 aromatic carbocycles. The Bertz CT molecular complexity index is 310. The number of rotatable bonds is 3. The number of hydrogen-bond donors (Lipinski definition) is 3. The topological polar surface area (TPSA) is 87.3 Å². The van der Waals surface area contributed by atoms with Gasteiger partial charge in [0.15, 0.2) is 0 Å². The van der Waals surface area contributed by atoms with E-state index in [0.29, 0.717) is 0 Å². The van der Waals surface area contributed by atoms with Crippen LogP contribution < -0.4 is 16.0 Å². The van der Waals surface area contributed by atoms with Gasteiger partial charge < -0.3 is 10.6 Å². The van der Waals surface area contributed by atoms with E-state index in [1.807, 2.05) is 26.1 Å². The number of imide groups is 1. The summed E-state index contributed by atoms with van der Waals surface area (Å²) in [7, 11) is 0. The summed E-state index contributed by atoms with van der Waals surface area (Å²) in [6.45, 7) is 6.71. The highest BCUT2D eigenvalue weighted by molar-refractivity contribution is 6.31. The van der Waals surface area contributed by atoms with E-state index in [-0.39, 0.29) is 18.0 Å². The first-order chi connectivity index (χ1) is 7.61. The van der Waals surface area contributed by atoms with E-state index in [9.17, 15) is 14.4 Å². The summed E-state index contributed by atoms with van der Waals surface area (Å²) in [5, 5.41) is 6.10. The summed E-state index contributed by atoms with van der Waals surface area (Å²) in [5.41, 5.74) is -0.365. The first-order valence-corrected chi connectivity index (χ1v) is 5.59. The fourth-order valence-electron chi connectivity index (χ4n) is 0.879. The standard InChI is InChI=1S/C10H18ClN3O3/c1-6(11)8(16)13-9(17)12-5-7(15)14-10(2,3)4/h6H,5H2,1-4H3,(H,14,15)(H2,12,13,16,17). The lowest BCUT2D eigenvalue weighted by Crippen LogP contribution is -2.49. The number of hydrogen-bond acceptors (Lipinski definition) is 3. The monoisotopic (exact) mass is 263 g/mol. The van der Waals surface area contributed by atoms with E-state index in [1.165, 1.54) is 6.92 Å². The Morgan fingerprint density at radius 3 is 2.18 bits per heavy atom. The van der Waals surface area contributed by atoms with Gasteiger partial charge in [-0.05, 0) is 27.7 Å². The van der Waals surface area contributed by atoms with Gasteiger partial charge in [-0.3, -0.25) is 14.9 Å². The minimum absolute atomic E-state index is 0.201. The van der Waals surface area contributed by atoms with Crippen molar-refractivity contribution in [3.8, 4) is 0 Å². The number of amides is 4. The molecule has 1 unspecified atom stereocenters. The van der Waals surface area contributed by atoms with Crippen LogP contribution in [0.3, 0.4) is 0 Å². The molecule has 0 saturated carbocycles. The van der Waals surface area contributed by atoms with Crippen molar-refractivity contribution in [1.82, 2.24) is 16.0 Å². The van der Waals surface area contributed by atoms with Crippen molar-refractivity contribution in [3.63, 3.8) is 0 Å². The van der Waals surface area contributed by atoms with Crippen LogP contribution in [0, 0.1) is 0 Å². The van der Waals surface area contributed by atoms with Crippen LogP contribution in [-0.4, -0.2) is 35.3 Å². The predicted octanol–water partition coefficient (Wildman–Crippen LogP) is 0.354. The van der Waals surface area contributed by atoms with Gasteiger partial charge in [-0.15, -0.1) is 11.6 Å². The Kier molecular flexibility index (Phi) is 5.95. The van der Waals surface area contributed by atoms with Crippen molar-refractivity contribution in [1.29, 1.82) is 0 Å². The first-order valence-electron chi connectivity index (χ1n) is 5.15. The van der Waals surface area contributed by atoms with Gasteiger partial charge in [0.25, 0.3) is 0 Å². The Labute approximate surface area is 105 Å². The minimum atomic E-state index is -0.802. The molecule has 0 saturated heterocycles. The van der Waals surface area contributed by atoms with E-state index >= 15 is 0 Å². The summed E-state index contributed by atoms with van der Waals surface area (Å²) < 4.78 is 0. The van der Waals surface area contributed by atoms with Crippen molar-refractivity contribution in [2.45, 2.75) is 38.6 Å². The third-order valence-electron chi connectivity index (χ3n) is 1.52. The third kappa shape index (κ3) is 8.50. The SMILES string of the molecule is CC(Cl)C(=O)NC(=O)NCC(=O)NC(C)(C)C. The highest BCUT2D eigenvalue weighted by Gasteiger charge is 2.16. The van der Waals surface area contributed by atoms with Crippen molar-refractivity contribution in [2.24, 2.45) is 0 Å². The molecule has 1 atom stereocenters. The fraction of sp³-hybridized carbons (Fsp3) is 0.700. The Morgan fingerprint density at radius 1 is 1.24 bits per heavy atom. The molecule has 0 fully saturated rings. The predicted molar refractivity (Wildman–Crippen MR) is 64.8 cm³/mol. The van der Waals surface area contributed by atoms with Crippen molar-refractivity contribution < 1.29 is 14.4 Å². The molecule has 0 bridgehead atoms. The Morgan fingerprint density at radius 2 is 1.76 bits per heavy atom. The minimum Gasteiger partial charge on any atom is -0.350 e. The van der Waals surface area contributed by atoms with Crippen molar-refractivity contribution in [3.05, 3.63) is 0 Å². The molecule has 4 amide bonds. The molecule has 0 aliphatic rings. The van der Waals surface area contributed by atoms with Crippen LogP contribution in [0.4, 0.5) is 4.79 Å². The lowest BCUT2D eigenvalue weighted by Gasteiger charge is -2.20. The summed E-state index contributed by atoms with van der Waals surface area (Å²) in [6.07, 6.45) is 0. The highest BCUT2D eigenvalue weighted by atomic mass is 35.5. The summed E-state index contributed by atoms with van der Waals surface area (Å²) in [5.74, 6) is -0.945. The van der Waals surface area contributed by atoms with Crippen LogP contribution in [0.25, 0.3) is 0 Å². The van der Waals surface area contributed by atoms with Gasteiger partial charge in [-0.1, -0.05) is 0 Å². The molecule has 0 aromatic rings. The van der Waals surface area contributed by atoms with E-state index in [0.717, 1.165) is 0 Å². The lowest BCUT2D eigenvalue weighted by molar-refractivity contribution is -0.122. The largest absolute Gasteiger partial charge is 0.350 e. The zero-order valence-corrected chi connectivity index (χ0v) is 11.1. The van der Waals surface area contributed by atoms with Gasteiger partial charge in [0.1, 0.15) is 5.38 Å². The molecule has 6 nitrogen and oxygen atoms in total. The molecular weight excluding hydrogens is 246 g/mol. The normalized spacial score (nSPS) is 12.5. The number of alkyl halides is 1. The summed E-state index contributed by atoms with van der Waals surface area (Å²) >= 11 is 5.45. The van der Waals surface area contributed by atoms with Gasteiger partial charge in [-0.2, -0.15) is 0 Å². The van der Waals surface area contributed by atoms with Crippen LogP contribution in [-0.2, 0) is 9.59 Å². The summed E-state index contributed by atoms with van der Waals surface area (Å²) in [6, 6.07) is -0.744. The molecule has 98 valence electrons. The van der Waals surface area contributed by atoms with Gasteiger partial charge in [0, 0.05) is 5.54 Å². The van der Waals surface area contributed by atoms with E-state index < -0.39 is 17.3 Å². The average Bonchev–Trinajstić information content (AvgIpc) is 2.11. The maximum Gasteiger partial charge on any atom is 0.321 e.